The lowest BCUT2D eigenvalue weighted by Gasteiger charge is -2.18. The van der Waals surface area contributed by atoms with Gasteiger partial charge in [-0.25, -0.2) is 0 Å². The van der Waals surface area contributed by atoms with Crippen molar-refractivity contribution in [2.24, 2.45) is 0 Å². The number of hydrogen-bond donors (Lipinski definition) is 1. The third-order valence-electron chi connectivity index (χ3n) is 3.17. The Hall–Kier alpha value is -0.580. The highest BCUT2D eigenvalue weighted by atomic mass is 79.9. The molecule has 0 fully saturated rings. The first-order valence-electron chi connectivity index (χ1n) is 6.99. The second-order valence-corrected chi connectivity index (χ2v) is 5.45. The molecule has 0 spiro atoms. The molecule has 1 aromatic carbocycles. The van der Waals surface area contributed by atoms with Crippen molar-refractivity contribution < 1.29 is 4.74 Å². The predicted molar refractivity (Wildman–Crippen MR) is 85.0 cm³/mol. The van der Waals surface area contributed by atoms with Crippen LogP contribution in [0.5, 0.6) is 5.75 Å². The van der Waals surface area contributed by atoms with Gasteiger partial charge in [0.2, 0.25) is 0 Å². The van der Waals surface area contributed by atoms with E-state index < -0.39 is 0 Å². The van der Waals surface area contributed by atoms with Crippen molar-refractivity contribution >= 4 is 15.9 Å². The average molecular weight is 329 g/mol. The number of ether oxygens (including phenoxy) is 1. The molecule has 0 bridgehead atoms. The van der Waals surface area contributed by atoms with Gasteiger partial charge in [-0.3, -0.25) is 0 Å². The summed E-state index contributed by atoms with van der Waals surface area (Å²) in [5, 5.41) is 3.41. The van der Waals surface area contributed by atoms with E-state index in [9.17, 15) is 0 Å². The predicted octanol–water partition coefficient (Wildman–Crippen LogP) is 3.07. The molecule has 1 N–H and O–H groups in total. The lowest BCUT2D eigenvalue weighted by atomic mass is 10.2. The molecule has 0 aromatic heterocycles. The monoisotopic (exact) mass is 328 g/mol. The molecule has 108 valence electrons. The van der Waals surface area contributed by atoms with Crippen LogP contribution in [-0.4, -0.2) is 44.2 Å². The number of rotatable bonds is 9. The van der Waals surface area contributed by atoms with E-state index >= 15 is 0 Å². The Bertz CT molecular complexity index is 367. The van der Waals surface area contributed by atoms with Crippen molar-refractivity contribution in [1.29, 1.82) is 0 Å². The van der Waals surface area contributed by atoms with Gasteiger partial charge in [-0.1, -0.05) is 29.8 Å². The Morgan fingerprint density at radius 1 is 1.21 bits per heavy atom. The van der Waals surface area contributed by atoms with Crippen LogP contribution in [0.25, 0.3) is 0 Å². The Morgan fingerprint density at radius 2 is 1.95 bits per heavy atom. The molecule has 19 heavy (non-hydrogen) atoms. The minimum absolute atomic E-state index is 0.709. The third kappa shape index (κ3) is 6.41. The Labute approximate surface area is 125 Å². The summed E-state index contributed by atoms with van der Waals surface area (Å²) in [5.41, 5.74) is 1.16. The molecule has 0 unspecified atom stereocenters. The summed E-state index contributed by atoms with van der Waals surface area (Å²) in [7, 11) is 0. The lowest BCUT2D eigenvalue weighted by molar-refractivity contribution is 0.285. The minimum Gasteiger partial charge on any atom is -0.492 e. The van der Waals surface area contributed by atoms with E-state index in [0.717, 1.165) is 48.5 Å². The van der Waals surface area contributed by atoms with E-state index in [1.54, 1.807) is 0 Å². The van der Waals surface area contributed by atoms with E-state index in [4.69, 9.17) is 4.74 Å². The van der Waals surface area contributed by atoms with Gasteiger partial charge in [-0.05, 0) is 43.8 Å². The van der Waals surface area contributed by atoms with Crippen LogP contribution in [-0.2, 0) is 0 Å². The van der Waals surface area contributed by atoms with Crippen LogP contribution in [0.3, 0.4) is 0 Å². The molecule has 0 saturated heterocycles. The molecule has 0 heterocycles. The summed E-state index contributed by atoms with van der Waals surface area (Å²) in [6.45, 7) is 12.4. The smallest absolute Gasteiger partial charge is 0.122 e. The zero-order valence-corrected chi connectivity index (χ0v) is 13.8. The molecule has 0 atom stereocenters. The van der Waals surface area contributed by atoms with Gasteiger partial charge in [-0.2, -0.15) is 0 Å². The van der Waals surface area contributed by atoms with Gasteiger partial charge in [0.15, 0.2) is 0 Å². The van der Waals surface area contributed by atoms with Crippen LogP contribution >= 0.6 is 15.9 Å². The number of benzene rings is 1. The van der Waals surface area contributed by atoms with Crippen LogP contribution in [0.1, 0.15) is 19.4 Å². The van der Waals surface area contributed by atoms with Crippen molar-refractivity contribution in [1.82, 2.24) is 10.2 Å². The Balaban J connectivity index is 2.14. The number of hydrogen-bond acceptors (Lipinski definition) is 3. The summed E-state index contributed by atoms with van der Waals surface area (Å²) >= 11 is 3.45. The largest absolute Gasteiger partial charge is 0.492 e. The number of nitrogens with one attached hydrogen (secondary N) is 1. The van der Waals surface area contributed by atoms with E-state index in [0.29, 0.717) is 6.61 Å². The van der Waals surface area contributed by atoms with Crippen LogP contribution in [0, 0.1) is 6.92 Å². The van der Waals surface area contributed by atoms with E-state index in [1.807, 2.05) is 12.1 Å². The first-order chi connectivity index (χ1) is 9.17. The fraction of sp³-hybridized carbons (Fsp3) is 0.600. The molecule has 1 aromatic rings. The molecular formula is C15H25BrN2O. The summed E-state index contributed by atoms with van der Waals surface area (Å²) in [5.74, 6) is 0.966. The van der Waals surface area contributed by atoms with Gasteiger partial charge in [0.25, 0.3) is 0 Å². The van der Waals surface area contributed by atoms with Gasteiger partial charge in [0, 0.05) is 24.1 Å². The Morgan fingerprint density at radius 3 is 2.58 bits per heavy atom. The van der Waals surface area contributed by atoms with Gasteiger partial charge in [0.1, 0.15) is 12.4 Å². The van der Waals surface area contributed by atoms with E-state index in [1.165, 1.54) is 0 Å². The maximum Gasteiger partial charge on any atom is 0.122 e. The quantitative estimate of drug-likeness (QED) is 0.705. The zero-order valence-electron chi connectivity index (χ0n) is 12.2. The van der Waals surface area contributed by atoms with Crippen LogP contribution in [0.2, 0.25) is 0 Å². The maximum atomic E-state index is 5.75. The molecule has 3 nitrogen and oxygen atoms in total. The van der Waals surface area contributed by atoms with Gasteiger partial charge in [-0.15, -0.1) is 0 Å². The normalized spacial score (nSPS) is 11.0. The number of halogens is 1. The van der Waals surface area contributed by atoms with Crippen molar-refractivity contribution in [3.05, 3.63) is 28.2 Å². The highest BCUT2D eigenvalue weighted by Crippen LogP contribution is 2.21. The van der Waals surface area contributed by atoms with Gasteiger partial charge >= 0.3 is 0 Å². The number of likely N-dealkylation sites (N-methyl/N-ethyl adjacent to an activating group) is 1. The number of aryl methyl sites for hydroxylation is 1. The topological polar surface area (TPSA) is 24.5 Å². The first-order valence-corrected chi connectivity index (χ1v) is 7.78. The molecule has 4 heteroatoms. The molecule has 1 rings (SSSR count). The van der Waals surface area contributed by atoms with Gasteiger partial charge in [0.05, 0.1) is 0 Å². The Kier molecular flexibility index (Phi) is 8.10. The van der Waals surface area contributed by atoms with Crippen LogP contribution in [0.4, 0.5) is 0 Å². The second kappa shape index (κ2) is 9.34. The SMILES string of the molecule is CCN(CC)CCNCCOc1ccc(Br)cc1C. The fourth-order valence-corrected chi connectivity index (χ4v) is 2.39. The van der Waals surface area contributed by atoms with Crippen LogP contribution in [0.15, 0.2) is 22.7 Å². The summed E-state index contributed by atoms with van der Waals surface area (Å²) in [4.78, 5) is 2.41. The number of nitrogens with zero attached hydrogens (tertiary/aromatic N) is 1. The maximum absolute atomic E-state index is 5.75. The minimum atomic E-state index is 0.709. The van der Waals surface area contributed by atoms with Crippen LogP contribution < -0.4 is 10.1 Å². The molecule has 0 saturated carbocycles. The highest BCUT2D eigenvalue weighted by Gasteiger charge is 2.00. The fourth-order valence-electron chi connectivity index (χ4n) is 1.91. The molecule has 0 radical (unpaired) electrons. The highest BCUT2D eigenvalue weighted by molar-refractivity contribution is 9.10. The van der Waals surface area contributed by atoms with Crippen molar-refractivity contribution in [2.45, 2.75) is 20.8 Å². The molecular weight excluding hydrogens is 304 g/mol. The summed E-state index contributed by atoms with van der Waals surface area (Å²) in [6.07, 6.45) is 0. The average Bonchev–Trinajstić information content (AvgIpc) is 2.40. The second-order valence-electron chi connectivity index (χ2n) is 4.54. The van der Waals surface area contributed by atoms with Gasteiger partial charge < -0.3 is 15.0 Å². The standard InChI is InChI=1S/C15H25BrN2O/c1-4-18(5-2)10-8-17-9-11-19-15-7-6-14(16)12-13(15)3/h6-7,12,17H,4-5,8-11H2,1-3H3. The van der Waals surface area contributed by atoms with Crippen molar-refractivity contribution in [2.75, 3.05) is 39.3 Å². The lowest BCUT2D eigenvalue weighted by Crippen LogP contribution is -2.33. The third-order valence-corrected chi connectivity index (χ3v) is 3.67. The molecule has 0 amide bonds. The summed E-state index contributed by atoms with van der Waals surface area (Å²) < 4.78 is 6.85. The summed E-state index contributed by atoms with van der Waals surface area (Å²) in [6, 6.07) is 6.09. The zero-order chi connectivity index (χ0) is 14.1. The molecule has 0 aliphatic rings. The van der Waals surface area contributed by atoms with Crippen molar-refractivity contribution in [3.63, 3.8) is 0 Å². The van der Waals surface area contributed by atoms with E-state index in [-0.39, 0.29) is 0 Å². The van der Waals surface area contributed by atoms with E-state index in [2.05, 4.69) is 53.0 Å². The molecule has 0 aliphatic heterocycles. The van der Waals surface area contributed by atoms with Crippen molar-refractivity contribution in [3.8, 4) is 5.75 Å². The molecule has 0 aliphatic carbocycles. The first kappa shape index (κ1) is 16.5.